The van der Waals surface area contributed by atoms with Gasteiger partial charge in [-0.3, -0.25) is 0 Å². The van der Waals surface area contributed by atoms with Crippen LogP contribution in [0.15, 0.2) is 18.2 Å². The van der Waals surface area contributed by atoms with Gasteiger partial charge in [-0.05, 0) is 26.0 Å². The van der Waals surface area contributed by atoms with E-state index in [1.165, 1.54) is 12.1 Å². The standard InChI is InChI=1S/C11H15F3N2O/c1-10(2,17-3)7-15-9-6-4-5-8(16-9)11(12,13)14/h4-6H,7H2,1-3H3,(H,15,16). The highest BCUT2D eigenvalue weighted by Gasteiger charge is 2.32. The third-order valence-corrected chi connectivity index (χ3v) is 2.29. The van der Waals surface area contributed by atoms with E-state index >= 15 is 0 Å². The van der Waals surface area contributed by atoms with Crippen LogP contribution in [0.2, 0.25) is 0 Å². The Morgan fingerprint density at radius 3 is 2.47 bits per heavy atom. The summed E-state index contributed by atoms with van der Waals surface area (Å²) in [7, 11) is 1.54. The van der Waals surface area contributed by atoms with E-state index in [-0.39, 0.29) is 5.82 Å². The van der Waals surface area contributed by atoms with Crippen molar-refractivity contribution in [1.29, 1.82) is 0 Å². The van der Waals surface area contributed by atoms with Gasteiger partial charge in [0, 0.05) is 13.7 Å². The Morgan fingerprint density at radius 2 is 1.94 bits per heavy atom. The lowest BCUT2D eigenvalue weighted by Crippen LogP contribution is -2.32. The maximum absolute atomic E-state index is 12.4. The van der Waals surface area contributed by atoms with Crippen LogP contribution in [0.3, 0.4) is 0 Å². The number of ether oxygens (including phenoxy) is 1. The fourth-order valence-electron chi connectivity index (χ4n) is 1.07. The lowest BCUT2D eigenvalue weighted by molar-refractivity contribution is -0.141. The SMILES string of the molecule is COC(C)(C)CNc1cccc(C(F)(F)F)n1. The fraction of sp³-hybridized carbons (Fsp3) is 0.545. The summed E-state index contributed by atoms with van der Waals surface area (Å²) in [6, 6.07) is 3.74. The number of anilines is 1. The molecule has 0 atom stereocenters. The van der Waals surface area contributed by atoms with Gasteiger partial charge in [-0.25, -0.2) is 4.98 Å². The molecular weight excluding hydrogens is 233 g/mol. The Labute approximate surface area is 98.0 Å². The van der Waals surface area contributed by atoms with Crippen molar-refractivity contribution in [3.05, 3.63) is 23.9 Å². The van der Waals surface area contributed by atoms with Gasteiger partial charge in [0.05, 0.1) is 5.60 Å². The van der Waals surface area contributed by atoms with Crippen molar-refractivity contribution in [3.8, 4) is 0 Å². The third-order valence-electron chi connectivity index (χ3n) is 2.29. The van der Waals surface area contributed by atoms with Crippen LogP contribution < -0.4 is 5.32 Å². The predicted molar refractivity (Wildman–Crippen MR) is 58.8 cm³/mol. The molecular formula is C11H15F3N2O. The molecule has 0 aliphatic rings. The molecule has 1 rings (SSSR count). The van der Waals surface area contributed by atoms with Gasteiger partial charge in [-0.1, -0.05) is 6.07 Å². The molecule has 0 saturated carbocycles. The Bertz CT molecular complexity index is 377. The summed E-state index contributed by atoms with van der Waals surface area (Å²) in [6.45, 7) is 4.03. The van der Waals surface area contributed by atoms with Crippen molar-refractivity contribution < 1.29 is 17.9 Å². The molecule has 3 nitrogen and oxygen atoms in total. The van der Waals surface area contributed by atoms with E-state index in [1.54, 1.807) is 7.11 Å². The van der Waals surface area contributed by atoms with Crippen LogP contribution in [0.1, 0.15) is 19.5 Å². The quantitative estimate of drug-likeness (QED) is 0.889. The second kappa shape index (κ2) is 4.91. The van der Waals surface area contributed by atoms with E-state index in [4.69, 9.17) is 4.74 Å². The highest BCUT2D eigenvalue weighted by molar-refractivity contribution is 5.36. The minimum Gasteiger partial charge on any atom is -0.377 e. The maximum atomic E-state index is 12.4. The molecule has 6 heteroatoms. The minimum atomic E-state index is -4.42. The highest BCUT2D eigenvalue weighted by Crippen LogP contribution is 2.28. The average Bonchev–Trinajstić information content (AvgIpc) is 2.26. The fourth-order valence-corrected chi connectivity index (χ4v) is 1.07. The first-order valence-electron chi connectivity index (χ1n) is 5.08. The number of nitrogens with one attached hydrogen (secondary N) is 1. The van der Waals surface area contributed by atoms with Gasteiger partial charge in [0.2, 0.25) is 0 Å². The number of rotatable bonds is 4. The summed E-state index contributed by atoms with van der Waals surface area (Å²) < 4.78 is 42.3. The summed E-state index contributed by atoms with van der Waals surface area (Å²) in [5.74, 6) is 0.185. The van der Waals surface area contributed by atoms with Crippen LogP contribution in [0, 0.1) is 0 Å². The van der Waals surface area contributed by atoms with Crippen molar-refractivity contribution in [2.75, 3.05) is 19.0 Å². The van der Waals surface area contributed by atoms with Crippen LogP contribution >= 0.6 is 0 Å². The third kappa shape index (κ3) is 4.22. The maximum Gasteiger partial charge on any atom is 0.433 e. The normalized spacial score (nSPS) is 12.6. The number of hydrogen-bond acceptors (Lipinski definition) is 3. The van der Waals surface area contributed by atoms with Crippen LogP contribution in [-0.2, 0) is 10.9 Å². The first-order valence-corrected chi connectivity index (χ1v) is 5.08. The molecule has 0 aliphatic heterocycles. The largest absolute Gasteiger partial charge is 0.433 e. The molecule has 0 amide bonds. The van der Waals surface area contributed by atoms with Crippen molar-refractivity contribution in [2.45, 2.75) is 25.6 Å². The molecule has 1 aromatic heterocycles. The summed E-state index contributed by atoms with van der Waals surface area (Å²) in [4.78, 5) is 3.49. The van der Waals surface area contributed by atoms with E-state index in [2.05, 4.69) is 10.3 Å². The zero-order chi connectivity index (χ0) is 13.1. The van der Waals surface area contributed by atoms with Gasteiger partial charge < -0.3 is 10.1 Å². The van der Waals surface area contributed by atoms with Crippen molar-refractivity contribution >= 4 is 5.82 Å². The van der Waals surface area contributed by atoms with Crippen molar-refractivity contribution in [2.24, 2.45) is 0 Å². The van der Waals surface area contributed by atoms with E-state index in [0.717, 1.165) is 6.07 Å². The molecule has 0 spiro atoms. The van der Waals surface area contributed by atoms with E-state index < -0.39 is 17.5 Å². The van der Waals surface area contributed by atoms with Crippen LogP contribution in [-0.4, -0.2) is 24.2 Å². The molecule has 17 heavy (non-hydrogen) atoms. The topological polar surface area (TPSA) is 34.1 Å². The van der Waals surface area contributed by atoms with Crippen molar-refractivity contribution in [3.63, 3.8) is 0 Å². The lowest BCUT2D eigenvalue weighted by Gasteiger charge is -2.23. The smallest absolute Gasteiger partial charge is 0.377 e. The molecule has 0 aromatic carbocycles. The Kier molecular flexibility index (Phi) is 3.98. The Morgan fingerprint density at radius 1 is 1.29 bits per heavy atom. The van der Waals surface area contributed by atoms with Gasteiger partial charge in [-0.2, -0.15) is 13.2 Å². The second-order valence-electron chi connectivity index (χ2n) is 4.22. The highest BCUT2D eigenvalue weighted by atomic mass is 19.4. The molecule has 0 aliphatic carbocycles. The molecule has 96 valence electrons. The van der Waals surface area contributed by atoms with Gasteiger partial charge in [-0.15, -0.1) is 0 Å². The number of pyridine rings is 1. The average molecular weight is 248 g/mol. The monoisotopic (exact) mass is 248 g/mol. The number of hydrogen-bond donors (Lipinski definition) is 1. The number of halogens is 3. The Hall–Kier alpha value is -1.30. The first-order chi connectivity index (χ1) is 7.74. The molecule has 0 bridgehead atoms. The summed E-state index contributed by atoms with van der Waals surface area (Å²) in [5.41, 5.74) is -1.37. The van der Waals surface area contributed by atoms with Gasteiger partial charge in [0.1, 0.15) is 11.5 Å². The number of aromatic nitrogens is 1. The van der Waals surface area contributed by atoms with Crippen LogP contribution in [0.25, 0.3) is 0 Å². The molecule has 0 fully saturated rings. The number of methoxy groups -OCH3 is 1. The van der Waals surface area contributed by atoms with Gasteiger partial charge in [0.15, 0.2) is 0 Å². The lowest BCUT2D eigenvalue weighted by atomic mass is 10.1. The van der Waals surface area contributed by atoms with Gasteiger partial charge >= 0.3 is 6.18 Å². The van der Waals surface area contributed by atoms with E-state index in [9.17, 15) is 13.2 Å². The zero-order valence-electron chi connectivity index (χ0n) is 9.93. The molecule has 0 unspecified atom stereocenters. The summed E-state index contributed by atoms with van der Waals surface area (Å²) in [5, 5.41) is 2.81. The number of nitrogens with zero attached hydrogens (tertiary/aromatic N) is 1. The minimum absolute atomic E-state index is 0.185. The molecule has 1 N–H and O–H groups in total. The second-order valence-corrected chi connectivity index (χ2v) is 4.22. The molecule has 0 radical (unpaired) electrons. The molecule has 1 aromatic rings. The molecule has 0 saturated heterocycles. The van der Waals surface area contributed by atoms with Crippen molar-refractivity contribution in [1.82, 2.24) is 4.98 Å². The zero-order valence-corrected chi connectivity index (χ0v) is 9.93. The number of alkyl halides is 3. The van der Waals surface area contributed by atoms with Gasteiger partial charge in [0.25, 0.3) is 0 Å². The summed E-state index contributed by atoms with van der Waals surface area (Å²) >= 11 is 0. The molecule has 1 heterocycles. The van der Waals surface area contributed by atoms with E-state index in [1.807, 2.05) is 13.8 Å². The predicted octanol–water partition coefficient (Wildman–Crippen LogP) is 2.94. The summed E-state index contributed by atoms with van der Waals surface area (Å²) in [6.07, 6.45) is -4.42. The first kappa shape index (κ1) is 13.8. The Balaban J connectivity index is 2.74. The van der Waals surface area contributed by atoms with Crippen LogP contribution in [0.5, 0.6) is 0 Å². The van der Waals surface area contributed by atoms with E-state index in [0.29, 0.717) is 6.54 Å². The van der Waals surface area contributed by atoms with Crippen LogP contribution in [0.4, 0.5) is 19.0 Å².